The number of amides is 1. The van der Waals surface area contributed by atoms with E-state index in [0.717, 1.165) is 11.1 Å². The van der Waals surface area contributed by atoms with Gasteiger partial charge in [0.25, 0.3) is 0 Å². The van der Waals surface area contributed by atoms with Crippen LogP contribution in [-0.4, -0.2) is 23.1 Å². The Morgan fingerprint density at radius 3 is 2.64 bits per heavy atom. The Hall–Kier alpha value is -3.39. The van der Waals surface area contributed by atoms with E-state index in [9.17, 15) is 4.79 Å². The number of methoxy groups -OCH3 is 1. The highest BCUT2D eigenvalue weighted by Gasteiger charge is 2.14. The van der Waals surface area contributed by atoms with Gasteiger partial charge in [-0.25, -0.2) is 4.98 Å². The molecule has 0 aliphatic carbocycles. The number of rotatable bonds is 6. The number of nitrogens with zero attached hydrogens (tertiary/aromatic N) is 1. The van der Waals surface area contributed by atoms with E-state index in [2.05, 4.69) is 29.5 Å². The molecule has 0 unspecified atom stereocenters. The van der Waals surface area contributed by atoms with Crippen LogP contribution in [0.2, 0.25) is 10.0 Å². The van der Waals surface area contributed by atoms with E-state index >= 15 is 0 Å². The summed E-state index contributed by atoms with van der Waals surface area (Å²) in [5.74, 6) is 0.973. The van der Waals surface area contributed by atoms with Gasteiger partial charge in [0.2, 0.25) is 11.8 Å². The minimum atomic E-state index is -0.423. The lowest BCUT2D eigenvalue weighted by molar-refractivity contribution is -0.115. The number of hydrogen-bond acceptors (Lipinski definition) is 5. The molecule has 36 heavy (non-hydrogen) atoms. The average molecular weight is 540 g/mol. The monoisotopic (exact) mass is 539 g/mol. The first-order chi connectivity index (χ1) is 17.2. The Kier molecular flexibility index (Phi) is 7.94. The second-order valence-corrected chi connectivity index (χ2v) is 9.51. The van der Waals surface area contributed by atoms with Crippen LogP contribution in [0.1, 0.15) is 30.9 Å². The number of halogens is 2. The minimum absolute atomic E-state index is 0.0986. The maximum atomic E-state index is 12.4. The van der Waals surface area contributed by atoms with Crippen molar-refractivity contribution in [1.82, 2.24) is 10.3 Å². The highest BCUT2D eigenvalue weighted by atomic mass is 35.5. The number of ether oxygens (including phenoxy) is 1. The second-order valence-electron chi connectivity index (χ2n) is 8.26. The van der Waals surface area contributed by atoms with Gasteiger partial charge in [0, 0.05) is 21.7 Å². The summed E-state index contributed by atoms with van der Waals surface area (Å²) >= 11 is 17.4. The lowest BCUT2D eigenvalue weighted by Crippen LogP contribution is -2.32. The number of benzene rings is 3. The van der Waals surface area contributed by atoms with Crippen molar-refractivity contribution >= 4 is 69.3 Å². The predicted molar refractivity (Wildman–Crippen MR) is 150 cm³/mol. The summed E-state index contributed by atoms with van der Waals surface area (Å²) in [7, 11) is 1.55. The first kappa shape index (κ1) is 25.7. The number of thiocarbonyl (C=S) groups is 1. The molecule has 6 nitrogen and oxygen atoms in total. The van der Waals surface area contributed by atoms with Gasteiger partial charge in [-0.3, -0.25) is 10.1 Å². The van der Waals surface area contributed by atoms with Crippen LogP contribution in [0.25, 0.3) is 28.6 Å². The topological polar surface area (TPSA) is 76.4 Å². The number of aromatic nitrogens is 1. The number of oxazole rings is 1. The van der Waals surface area contributed by atoms with Gasteiger partial charge in [0.1, 0.15) is 11.3 Å². The molecule has 0 aliphatic rings. The van der Waals surface area contributed by atoms with E-state index in [0.29, 0.717) is 44.4 Å². The first-order valence-electron chi connectivity index (χ1n) is 11.1. The summed E-state index contributed by atoms with van der Waals surface area (Å²) in [4.78, 5) is 17.0. The standard InChI is InChI=1S/C27H23Cl2N3O3S/c1-15(2)17-5-10-24-22(12-17)30-26(35-24)18-6-9-23(34-3)21(13-18)31-27(36)32-25(33)11-7-16-4-8-19(28)14-20(16)29/h4-15H,1-3H3,(H2,31,32,33,36)/b11-7+. The van der Waals surface area contributed by atoms with Gasteiger partial charge in [-0.1, -0.05) is 49.2 Å². The fourth-order valence-electron chi connectivity index (χ4n) is 3.48. The maximum Gasteiger partial charge on any atom is 0.250 e. The number of fused-ring (bicyclic) bond motifs is 1. The Labute approximate surface area is 224 Å². The fraction of sp³-hybridized carbons (Fsp3) is 0.148. The molecule has 1 heterocycles. The zero-order valence-corrected chi connectivity index (χ0v) is 22.1. The van der Waals surface area contributed by atoms with Crippen molar-refractivity contribution in [3.05, 3.63) is 81.8 Å². The molecule has 0 saturated heterocycles. The van der Waals surface area contributed by atoms with Crippen molar-refractivity contribution in [3.63, 3.8) is 0 Å². The number of carbonyl (C=O) groups excluding carboxylic acids is 1. The van der Waals surface area contributed by atoms with E-state index < -0.39 is 5.91 Å². The van der Waals surface area contributed by atoms with Gasteiger partial charge in [0.05, 0.1) is 12.8 Å². The molecule has 4 rings (SSSR count). The quantitative estimate of drug-likeness (QED) is 0.195. The van der Waals surface area contributed by atoms with E-state index in [4.69, 9.17) is 44.6 Å². The Morgan fingerprint density at radius 2 is 1.92 bits per heavy atom. The third-order valence-corrected chi connectivity index (χ3v) is 6.15. The number of anilines is 1. The summed E-state index contributed by atoms with van der Waals surface area (Å²) in [6.07, 6.45) is 2.91. The molecule has 1 aromatic heterocycles. The van der Waals surface area contributed by atoms with Crippen LogP contribution in [0.15, 0.2) is 65.1 Å². The highest BCUT2D eigenvalue weighted by molar-refractivity contribution is 7.80. The van der Waals surface area contributed by atoms with Crippen molar-refractivity contribution < 1.29 is 13.9 Å². The van der Waals surface area contributed by atoms with Crippen molar-refractivity contribution in [2.75, 3.05) is 12.4 Å². The summed E-state index contributed by atoms with van der Waals surface area (Å²) in [6.45, 7) is 4.27. The second kappa shape index (κ2) is 11.1. The molecule has 0 saturated carbocycles. The zero-order valence-electron chi connectivity index (χ0n) is 19.8. The molecule has 0 fully saturated rings. The molecule has 0 radical (unpaired) electrons. The Morgan fingerprint density at radius 1 is 1.11 bits per heavy atom. The number of hydrogen-bond donors (Lipinski definition) is 2. The summed E-state index contributed by atoms with van der Waals surface area (Å²) < 4.78 is 11.4. The van der Waals surface area contributed by atoms with Crippen LogP contribution in [0.4, 0.5) is 5.69 Å². The molecule has 184 valence electrons. The molecule has 4 aromatic rings. The average Bonchev–Trinajstić information content (AvgIpc) is 3.27. The number of carbonyl (C=O) groups is 1. The molecular weight excluding hydrogens is 517 g/mol. The van der Waals surface area contributed by atoms with Crippen molar-refractivity contribution in [1.29, 1.82) is 0 Å². The van der Waals surface area contributed by atoms with E-state index in [1.165, 1.54) is 11.6 Å². The van der Waals surface area contributed by atoms with Crippen LogP contribution in [0, 0.1) is 0 Å². The van der Waals surface area contributed by atoms with E-state index in [1.807, 2.05) is 24.3 Å². The predicted octanol–water partition coefficient (Wildman–Crippen LogP) is 7.46. The largest absolute Gasteiger partial charge is 0.495 e. The van der Waals surface area contributed by atoms with Crippen LogP contribution in [0.5, 0.6) is 5.75 Å². The zero-order chi connectivity index (χ0) is 25.8. The van der Waals surface area contributed by atoms with Crippen LogP contribution >= 0.6 is 35.4 Å². The van der Waals surface area contributed by atoms with Gasteiger partial charge in [-0.2, -0.15) is 0 Å². The number of nitrogens with one attached hydrogen (secondary N) is 2. The normalized spacial score (nSPS) is 11.3. The molecule has 0 aliphatic heterocycles. The molecule has 1 amide bonds. The fourth-order valence-corrected chi connectivity index (χ4v) is 4.16. The van der Waals surface area contributed by atoms with Gasteiger partial charge < -0.3 is 14.5 Å². The molecule has 9 heteroatoms. The van der Waals surface area contributed by atoms with Crippen molar-refractivity contribution in [2.24, 2.45) is 0 Å². The molecule has 3 aromatic carbocycles. The van der Waals surface area contributed by atoms with Crippen LogP contribution in [0.3, 0.4) is 0 Å². The maximum absolute atomic E-state index is 12.4. The van der Waals surface area contributed by atoms with Crippen LogP contribution < -0.4 is 15.4 Å². The molecule has 0 bridgehead atoms. The Balaban J connectivity index is 1.50. The molecule has 2 N–H and O–H groups in total. The first-order valence-corrected chi connectivity index (χ1v) is 12.2. The SMILES string of the molecule is COc1ccc(-c2nc3cc(C(C)C)ccc3o2)cc1NC(=S)NC(=O)/C=C/c1ccc(Cl)cc1Cl. The third kappa shape index (κ3) is 6.05. The highest BCUT2D eigenvalue weighted by Crippen LogP contribution is 2.32. The molecule has 0 atom stereocenters. The minimum Gasteiger partial charge on any atom is -0.495 e. The smallest absolute Gasteiger partial charge is 0.250 e. The van der Waals surface area contributed by atoms with Crippen molar-refractivity contribution in [2.45, 2.75) is 19.8 Å². The van der Waals surface area contributed by atoms with Gasteiger partial charge in [0.15, 0.2) is 10.7 Å². The van der Waals surface area contributed by atoms with E-state index in [1.54, 1.807) is 43.5 Å². The molecule has 0 spiro atoms. The third-order valence-electron chi connectivity index (χ3n) is 5.39. The summed E-state index contributed by atoms with van der Waals surface area (Å²) in [5.41, 5.74) is 4.62. The van der Waals surface area contributed by atoms with Crippen LogP contribution in [-0.2, 0) is 4.79 Å². The Bertz CT molecular complexity index is 1480. The van der Waals surface area contributed by atoms with Gasteiger partial charge >= 0.3 is 0 Å². The lowest BCUT2D eigenvalue weighted by atomic mass is 10.0. The summed E-state index contributed by atoms with van der Waals surface area (Å²) in [5, 5.41) is 6.67. The summed E-state index contributed by atoms with van der Waals surface area (Å²) in [6, 6.07) is 16.4. The van der Waals surface area contributed by atoms with Crippen molar-refractivity contribution in [3.8, 4) is 17.2 Å². The van der Waals surface area contributed by atoms with E-state index in [-0.39, 0.29) is 5.11 Å². The lowest BCUT2D eigenvalue weighted by Gasteiger charge is -2.13. The van der Waals surface area contributed by atoms with Gasteiger partial charge in [-0.15, -0.1) is 0 Å². The van der Waals surface area contributed by atoms with Gasteiger partial charge in [-0.05, 0) is 77.8 Å². The molecular formula is C27H23Cl2N3O3S.